The predicted molar refractivity (Wildman–Crippen MR) is 141 cm³/mol. The van der Waals surface area contributed by atoms with Crippen molar-refractivity contribution in [1.29, 1.82) is 0 Å². The summed E-state index contributed by atoms with van der Waals surface area (Å²) >= 11 is 1.15. The SMILES string of the molecule is COc1ccccc1NC(=O)Cn1cnc2sc(C(=O)N3c4ccc(F)cc4CC[C@H]3C)c(C)c2c1=O. The molecule has 0 radical (unpaired) electrons. The average molecular weight is 521 g/mol. The first kappa shape index (κ1) is 24.6. The number of para-hydroxylation sites is 2. The van der Waals surface area contributed by atoms with E-state index in [1.807, 2.05) is 6.92 Å². The van der Waals surface area contributed by atoms with Gasteiger partial charge in [-0.15, -0.1) is 11.3 Å². The third kappa shape index (κ3) is 4.48. The molecule has 0 fully saturated rings. The van der Waals surface area contributed by atoms with Crippen LogP contribution < -0.4 is 20.5 Å². The lowest BCUT2D eigenvalue weighted by Crippen LogP contribution is -2.42. The number of hydrogen-bond acceptors (Lipinski definition) is 6. The van der Waals surface area contributed by atoms with E-state index in [4.69, 9.17) is 4.74 Å². The molecule has 190 valence electrons. The Bertz CT molecular complexity index is 1600. The zero-order valence-corrected chi connectivity index (χ0v) is 21.4. The number of nitrogens with zero attached hydrogens (tertiary/aromatic N) is 3. The number of carbonyl (C=O) groups is 2. The molecule has 0 aliphatic carbocycles. The van der Waals surface area contributed by atoms with Gasteiger partial charge in [-0.05, 0) is 68.1 Å². The van der Waals surface area contributed by atoms with Crippen LogP contribution in [-0.2, 0) is 17.8 Å². The first-order valence-corrected chi connectivity index (χ1v) is 12.6. The molecular formula is C27H25FN4O4S. The second kappa shape index (κ2) is 9.78. The monoisotopic (exact) mass is 520 g/mol. The van der Waals surface area contributed by atoms with Crippen molar-refractivity contribution in [3.63, 3.8) is 0 Å². The number of methoxy groups -OCH3 is 1. The maximum Gasteiger partial charge on any atom is 0.268 e. The minimum absolute atomic E-state index is 0.0848. The fraction of sp³-hybridized carbons (Fsp3) is 0.259. The number of aromatic nitrogens is 2. The third-order valence-electron chi connectivity index (χ3n) is 6.60. The molecule has 2 aromatic carbocycles. The van der Waals surface area contributed by atoms with Crippen LogP contribution in [-0.4, -0.2) is 34.5 Å². The fourth-order valence-electron chi connectivity index (χ4n) is 4.71. The molecule has 0 saturated carbocycles. The number of rotatable bonds is 5. The Kier molecular flexibility index (Phi) is 6.51. The molecule has 3 heterocycles. The van der Waals surface area contributed by atoms with Gasteiger partial charge < -0.3 is 15.0 Å². The standard InChI is InChI=1S/C27H25FN4O4S/c1-15-8-9-17-12-18(28)10-11-20(17)32(15)27(35)24-16(2)23-25(37-24)29-14-31(26(23)34)13-22(33)30-19-6-4-5-7-21(19)36-3/h4-7,10-12,14-15H,8-9,13H2,1-3H3,(H,30,33)/t15-/m1/s1. The van der Waals surface area contributed by atoms with E-state index in [0.717, 1.165) is 16.9 Å². The van der Waals surface area contributed by atoms with E-state index in [0.29, 0.717) is 50.6 Å². The fourth-order valence-corrected chi connectivity index (χ4v) is 5.78. The average Bonchev–Trinajstić information content (AvgIpc) is 3.22. The van der Waals surface area contributed by atoms with Gasteiger partial charge in [0.15, 0.2) is 0 Å². The molecule has 1 N–H and O–H groups in total. The van der Waals surface area contributed by atoms with Gasteiger partial charge in [-0.3, -0.25) is 19.0 Å². The van der Waals surface area contributed by atoms with E-state index in [1.54, 1.807) is 42.2 Å². The molecular weight excluding hydrogens is 495 g/mol. The number of benzene rings is 2. The minimum Gasteiger partial charge on any atom is -0.495 e. The molecule has 1 atom stereocenters. The van der Waals surface area contributed by atoms with Crippen LogP contribution in [0.5, 0.6) is 5.75 Å². The van der Waals surface area contributed by atoms with Crippen molar-refractivity contribution in [3.05, 3.63) is 81.0 Å². The number of halogens is 1. The first-order valence-electron chi connectivity index (χ1n) is 11.8. The topological polar surface area (TPSA) is 93.5 Å². The van der Waals surface area contributed by atoms with Crippen molar-refractivity contribution in [1.82, 2.24) is 9.55 Å². The summed E-state index contributed by atoms with van der Waals surface area (Å²) in [6.07, 6.45) is 2.71. The molecule has 0 spiro atoms. The van der Waals surface area contributed by atoms with Crippen LogP contribution in [0.4, 0.5) is 15.8 Å². The van der Waals surface area contributed by atoms with Gasteiger partial charge in [-0.2, -0.15) is 0 Å². The Morgan fingerprint density at radius 2 is 2.03 bits per heavy atom. The summed E-state index contributed by atoms with van der Waals surface area (Å²) in [5.74, 6) is -0.494. The molecule has 5 rings (SSSR count). The number of aryl methyl sites for hydroxylation is 2. The molecule has 2 aromatic heterocycles. The van der Waals surface area contributed by atoms with Gasteiger partial charge in [0.1, 0.15) is 22.9 Å². The zero-order valence-electron chi connectivity index (χ0n) is 20.6. The van der Waals surface area contributed by atoms with Gasteiger partial charge in [0.25, 0.3) is 11.5 Å². The van der Waals surface area contributed by atoms with Gasteiger partial charge in [-0.1, -0.05) is 12.1 Å². The largest absolute Gasteiger partial charge is 0.495 e. The summed E-state index contributed by atoms with van der Waals surface area (Å²) < 4.78 is 20.3. The summed E-state index contributed by atoms with van der Waals surface area (Å²) in [5.41, 5.74) is 2.07. The van der Waals surface area contributed by atoms with E-state index in [2.05, 4.69) is 10.3 Å². The summed E-state index contributed by atoms with van der Waals surface area (Å²) in [4.78, 5) is 46.6. The van der Waals surface area contributed by atoms with E-state index in [1.165, 1.54) is 30.1 Å². The van der Waals surface area contributed by atoms with Crippen molar-refractivity contribution in [2.75, 3.05) is 17.3 Å². The number of carbonyl (C=O) groups excluding carboxylic acids is 2. The summed E-state index contributed by atoms with van der Waals surface area (Å²) in [6, 6.07) is 11.3. The number of thiophene rings is 1. The number of fused-ring (bicyclic) bond motifs is 2. The molecule has 2 amide bonds. The van der Waals surface area contributed by atoms with Crippen molar-refractivity contribution < 1.29 is 18.7 Å². The number of hydrogen-bond donors (Lipinski definition) is 1. The molecule has 10 heteroatoms. The van der Waals surface area contributed by atoms with E-state index < -0.39 is 11.5 Å². The molecule has 0 saturated heterocycles. The van der Waals surface area contributed by atoms with Crippen LogP contribution in [0.3, 0.4) is 0 Å². The van der Waals surface area contributed by atoms with Crippen LogP contribution in [0.1, 0.15) is 34.1 Å². The maximum absolute atomic E-state index is 13.8. The highest BCUT2D eigenvalue weighted by Crippen LogP contribution is 2.35. The van der Waals surface area contributed by atoms with Gasteiger partial charge in [0.2, 0.25) is 5.91 Å². The molecule has 1 aliphatic heterocycles. The third-order valence-corrected chi connectivity index (χ3v) is 7.79. The Morgan fingerprint density at radius 1 is 1.24 bits per heavy atom. The molecule has 1 aliphatic rings. The molecule has 8 nitrogen and oxygen atoms in total. The summed E-state index contributed by atoms with van der Waals surface area (Å²) in [6.45, 7) is 3.42. The van der Waals surface area contributed by atoms with E-state index in [-0.39, 0.29) is 24.3 Å². The molecule has 37 heavy (non-hydrogen) atoms. The maximum atomic E-state index is 13.8. The minimum atomic E-state index is -0.414. The van der Waals surface area contributed by atoms with Crippen LogP contribution >= 0.6 is 11.3 Å². The normalized spacial score (nSPS) is 14.9. The Morgan fingerprint density at radius 3 is 2.81 bits per heavy atom. The quantitative estimate of drug-likeness (QED) is 0.417. The lowest BCUT2D eigenvalue weighted by Gasteiger charge is -2.35. The van der Waals surface area contributed by atoms with Crippen LogP contribution in [0.25, 0.3) is 10.2 Å². The highest BCUT2D eigenvalue weighted by molar-refractivity contribution is 7.20. The van der Waals surface area contributed by atoms with Crippen LogP contribution in [0.2, 0.25) is 0 Å². The van der Waals surface area contributed by atoms with Gasteiger partial charge in [0.05, 0.1) is 29.4 Å². The van der Waals surface area contributed by atoms with Crippen molar-refractivity contribution >= 4 is 44.7 Å². The number of nitrogens with one attached hydrogen (secondary N) is 1. The van der Waals surface area contributed by atoms with E-state index in [9.17, 15) is 18.8 Å². The Balaban J connectivity index is 1.46. The summed E-state index contributed by atoms with van der Waals surface area (Å²) in [7, 11) is 1.51. The van der Waals surface area contributed by atoms with Crippen LogP contribution in [0, 0.1) is 12.7 Å². The highest BCUT2D eigenvalue weighted by Gasteiger charge is 2.32. The van der Waals surface area contributed by atoms with Gasteiger partial charge in [-0.25, -0.2) is 9.37 Å². The van der Waals surface area contributed by atoms with Crippen molar-refractivity contribution in [2.24, 2.45) is 0 Å². The number of ether oxygens (including phenoxy) is 1. The Labute approximate surface area is 216 Å². The van der Waals surface area contributed by atoms with Crippen molar-refractivity contribution in [2.45, 2.75) is 39.3 Å². The summed E-state index contributed by atoms with van der Waals surface area (Å²) in [5, 5.41) is 3.06. The van der Waals surface area contributed by atoms with Gasteiger partial charge >= 0.3 is 0 Å². The van der Waals surface area contributed by atoms with Gasteiger partial charge in [0, 0.05) is 11.7 Å². The number of amides is 2. The molecule has 0 unspecified atom stereocenters. The lowest BCUT2D eigenvalue weighted by molar-refractivity contribution is -0.116. The van der Waals surface area contributed by atoms with E-state index >= 15 is 0 Å². The zero-order chi connectivity index (χ0) is 26.3. The smallest absolute Gasteiger partial charge is 0.268 e. The van der Waals surface area contributed by atoms with Crippen molar-refractivity contribution in [3.8, 4) is 5.75 Å². The second-order valence-electron chi connectivity index (χ2n) is 9.00. The number of anilines is 2. The highest BCUT2D eigenvalue weighted by atomic mass is 32.1. The molecule has 0 bridgehead atoms. The second-order valence-corrected chi connectivity index (χ2v) is 10.00. The lowest BCUT2D eigenvalue weighted by atomic mass is 9.96. The molecule has 4 aromatic rings. The van der Waals surface area contributed by atoms with Crippen LogP contribution in [0.15, 0.2) is 53.6 Å². The Hall–Kier alpha value is -4.05. The first-order chi connectivity index (χ1) is 17.8. The predicted octanol–water partition coefficient (Wildman–Crippen LogP) is 4.53.